The number of nitrogens with zero attached hydrogens (tertiary/aromatic N) is 4. The van der Waals surface area contributed by atoms with E-state index in [1.165, 1.54) is 15.6 Å². The average Bonchev–Trinajstić information content (AvgIpc) is 3.22. The van der Waals surface area contributed by atoms with Gasteiger partial charge in [-0.05, 0) is 61.1 Å². The molecule has 2 aliphatic heterocycles. The van der Waals surface area contributed by atoms with E-state index in [1.807, 2.05) is 11.0 Å². The maximum atomic E-state index is 12.4. The Kier molecular flexibility index (Phi) is 5.69. The fraction of sp³-hybridized carbons (Fsp3) is 0.417. The molecule has 0 radical (unpaired) electrons. The molecule has 1 fully saturated rings. The van der Waals surface area contributed by atoms with Crippen LogP contribution >= 0.6 is 11.5 Å². The molecule has 0 bridgehead atoms. The van der Waals surface area contributed by atoms with Gasteiger partial charge in [-0.2, -0.15) is 4.37 Å². The van der Waals surface area contributed by atoms with Crippen molar-refractivity contribution in [3.63, 3.8) is 0 Å². The van der Waals surface area contributed by atoms with Crippen molar-refractivity contribution in [3.8, 4) is 0 Å². The number of para-hydroxylation sites is 1. The number of amides is 1. The minimum absolute atomic E-state index is 0.276. The predicted molar refractivity (Wildman–Crippen MR) is 125 cm³/mol. The van der Waals surface area contributed by atoms with Crippen LogP contribution in [0.1, 0.15) is 24.8 Å². The Bertz CT molecular complexity index is 1020. The summed E-state index contributed by atoms with van der Waals surface area (Å²) in [4.78, 5) is 19.4. The largest absolute Gasteiger partial charge is 0.353 e. The molecule has 0 N–H and O–H groups in total. The third kappa shape index (κ3) is 3.94. The van der Waals surface area contributed by atoms with Crippen LogP contribution in [0.15, 0.2) is 48.5 Å². The molecule has 0 spiro atoms. The predicted octanol–water partition coefficient (Wildman–Crippen LogP) is 4.18. The first-order valence-corrected chi connectivity index (χ1v) is 11.8. The maximum Gasteiger partial charge on any atom is 0.227 e. The van der Waals surface area contributed by atoms with Crippen molar-refractivity contribution in [2.75, 3.05) is 49.1 Å². The molecule has 0 atom stereocenters. The van der Waals surface area contributed by atoms with Gasteiger partial charge < -0.3 is 9.80 Å². The second kappa shape index (κ2) is 8.74. The minimum Gasteiger partial charge on any atom is -0.353 e. The highest BCUT2D eigenvalue weighted by Gasteiger charge is 2.24. The van der Waals surface area contributed by atoms with Crippen LogP contribution in [0.2, 0.25) is 0 Å². The third-order valence-corrected chi connectivity index (χ3v) is 7.14. The molecule has 3 heterocycles. The van der Waals surface area contributed by atoms with Crippen LogP contribution in [0, 0.1) is 0 Å². The van der Waals surface area contributed by atoms with E-state index in [4.69, 9.17) is 4.37 Å². The van der Waals surface area contributed by atoms with Crippen molar-refractivity contribution in [1.82, 2.24) is 9.27 Å². The minimum atomic E-state index is 0.276. The summed E-state index contributed by atoms with van der Waals surface area (Å²) in [6, 6.07) is 16.9. The van der Waals surface area contributed by atoms with Crippen molar-refractivity contribution in [2.45, 2.75) is 25.7 Å². The van der Waals surface area contributed by atoms with Gasteiger partial charge in [0.25, 0.3) is 0 Å². The van der Waals surface area contributed by atoms with Gasteiger partial charge >= 0.3 is 0 Å². The van der Waals surface area contributed by atoms with Gasteiger partial charge in [0.15, 0.2) is 0 Å². The second-order valence-corrected chi connectivity index (χ2v) is 9.02. The monoisotopic (exact) mass is 420 g/mol. The zero-order chi connectivity index (χ0) is 20.3. The number of carbonyl (C=O) groups is 1. The summed E-state index contributed by atoms with van der Waals surface area (Å²) >= 11 is 1.60. The molecule has 0 aliphatic carbocycles. The van der Waals surface area contributed by atoms with E-state index in [0.29, 0.717) is 6.42 Å². The number of aryl methyl sites for hydroxylation is 1. The highest BCUT2D eigenvalue weighted by molar-refractivity contribution is 7.13. The van der Waals surface area contributed by atoms with Gasteiger partial charge in [-0.15, -0.1) is 0 Å². The molecule has 2 aliphatic rings. The third-order valence-electron chi connectivity index (χ3n) is 6.33. The molecule has 0 unspecified atom stereocenters. The van der Waals surface area contributed by atoms with Crippen molar-refractivity contribution >= 4 is 39.0 Å². The van der Waals surface area contributed by atoms with Gasteiger partial charge in [-0.1, -0.05) is 30.3 Å². The highest BCUT2D eigenvalue weighted by Crippen LogP contribution is 2.30. The van der Waals surface area contributed by atoms with Gasteiger partial charge in [-0.25, -0.2) is 0 Å². The van der Waals surface area contributed by atoms with Crippen LogP contribution in [0.25, 0.3) is 10.1 Å². The lowest BCUT2D eigenvalue weighted by Gasteiger charge is -2.35. The summed E-state index contributed by atoms with van der Waals surface area (Å²) in [7, 11) is 0. The lowest BCUT2D eigenvalue weighted by molar-refractivity contribution is -0.118. The van der Waals surface area contributed by atoms with E-state index >= 15 is 0 Å². The molecule has 5 nitrogen and oxygen atoms in total. The molecule has 1 amide bonds. The number of aromatic nitrogens is 1. The highest BCUT2D eigenvalue weighted by atomic mass is 32.1. The number of carbonyl (C=O) groups excluding carboxylic acids is 1. The average molecular weight is 421 g/mol. The molecule has 6 heteroatoms. The van der Waals surface area contributed by atoms with Crippen LogP contribution < -0.4 is 9.80 Å². The number of rotatable bonds is 6. The van der Waals surface area contributed by atoms with Crippen LogP contribution in [0.5, 0.6) is 0 Å². The topological polar surface area (TPSA) is 39.7 Å². The molecule has 2 aromatic carbocycles. The van der Waals surface area contributed by atoms with Crippen LogP contribution in [0.3, 0.4) is 0 Å². The van der Waals surface area contributed by atoms with E-state index in [0.717, 1.165) is 70.0 Å². The number of piperazine rings is 1. The van der Waals surface area contributed by atoms with E-state index in [9.17, 15) is 4.79 Å². The van der Waals surface area contributed by atoms with Gasteiger partial charge in [0.1, 0.15) is 5.82 Å². The van der Waals surface area contributed by atoms with Crippen molar-refractivity contribution < 1.29 is 4.79 Å². The summed E-state index contributed by atoms with van der Waals surface area (Å²) in [5.41, 5.74) is 2.43. The molecule has 0 saturated carbocycles. The van der Waals surface area contributed by atoms with E-state index in [1.54, 1.807) is 11.5 Å². The Morgan fingerprint density at radius 2 is 1.63 bits per heavy atom. The Morgan fingerprint density at radius 1 is 0.867 bits per heavy atom. The fourth-order valence-corrected chi connectivity index (χ4v) is 5.43. The van der Waals surface area contributed by atoms with Crippen LogP contribution in [-0.2, 0) is 11.2 Å². The quantitative estimate of drug-likeness (QED) is 0.561. The molecule has 1 saturated heterocycles. The zero-order valence-electron chi connectivity index (χ0n) is 17.3. The Hall–Kier alpha value is -2.44. The van der Waals surface area contributed by atoms with Crippen molar-refractivity contribution in [2.24, 2.45) is 0 Å². The zero-order valence-corrected chi connectivity index (χ0v) is 18.1. The number of benzene rings is 2. The molecule has 1 aromatic heterocycles. The standard InChI is InChI=1S/C24H28N4OS/c29-23-12-11-19-7-1-3-9-21(19)28(23)14-6-5-13-26-15-17-27(18-16-26)24-20-8-2-4-10-22(20)30-25-24/h1-4,7-10H,5-6,11-18H2. The number of unbranched alkanes of at least 4 members (excludes halogenated alkanes) is 1. The Labute approximate surface area is 182 Å². The van der Waals surface area contributed by atoms with E-state index in [-0.39, 0.29) is 5.91 Å². The molecule has 30 heavy (non-hydrogen) atoms. The summed E-state index contributed by atoms with van der Waals surface area (Å²) in [6.45, 7) is 6.17. The number of anilines is 2. The molecule has 5 rings (SSSR count). The first-order chi connectivity index (χ1) is 14.8. The lowest BCUT2D eigenvalue weighted by Crippen LogP contribution is -2.47. The van der Waals surface area contributed by atoms with Gasteiger partial charge in [0.2, 0.25) is 5.91 Å². The summed E-state index contributed by atoms with van der Waals surface area (Å²) in [5.74, 6) is 1.43. The maximum absolute atomic E-state index is 12.4. The Balaban J connectivity index is 1.09. The SMILES string of the molecule is O=C1CCc2ccccc2N1CCCCN1CCN(c2nsc3ccccc23)CC1. The number of fused-ring (bicyclic) bond motifs is 2. The Morgan fingerprint density at radius 3 is 2.53 bits per heavy atom. The molecule has 3 aromatic rings. The van der Waals surface area contributed by atoms with Gasteiger partial charge in [0, 0.05) is 50.2 Å². The van der Waals surface area contributed by atoms with E-state index < -0.39 is 0 Å². The summed E-state index contributed by atoms with van der Waals surface area (Å²) in [6.07, 6.45) is 3.71. The first kappa shape index (κ1) is 19.5. The molecular weight excluding hydrogens is 392 g/mol. The smallest absolute Gasteiger partial charge is 0.227 e. The van der Waals surface area contributed by atoms with Crippen molar-refractivity contribution in [3.05, 3.63) is 54.1 Å². The van der Waals surface area contributed by atoms with Crippen LogP contribution in [0.4, 0.5) is 11.5 Å². The molecule has 156 valence electrons. The molecular formula is C24H28N4OS. The van der Waals surface area contributed by atoms with E-state index in [2.05, 4.69) is 52.3 Å². The first-order valence-electron chi connectivity index (χ1n) is 11.0. The summed E-state index contributed by atoms with van der Waals surface area (Å²) in [5, 5.41) is 1.28. The normalized spacial score (nSPS) is 17.5. The summed E-state index contributed by atoms with van der Waals surface area (Å²) < 4.78 is 5.98. The van der Waals surface area contributed by atoms with Gasteiger partial charge in [0.05, 0.1) is 4.70 Å². The second-order valence-electron chi connectivity index (χ2n) is 8.21. The lowest BCUT2D eigenvalue weighted by atomic mass is 10.0. The van der Waals surface area contributed by atoms with Crippen molar-refractivity contribution in [1.29, 1.82) is 0 Å². The number of hydrogen-bond donors (Lipinski definition) is 0. The van der Waals surface area contributed by atoms with Gasteiger partial charge in [-0.3, -0.25) is 9.69 Å². The van der Waals surface area contributed by atoms with Crippen LogP contribution in [-0.4, -0.2) is 54.4 Å². The number of hydrogen-bond acceptors (Lipinski definition) is 5. The fourth-order valence-electron chi connectivity index (χ4n) is 4.63.